The summed E-state index contributed by atoms with van der Waals surface area (Å²) in [5.41, 5.74) is 13.1. The number of anilines is 2. The third-order valence-corrected chi connectivity index (χ3v) is 3.97. The van der Waals surface area contributed by atoms with Gasteiger partial charge in [0.2, 0.25) is 5.95 Å². The number of aryl methyl sites for hydroxylation is 1. The molecule has 19 heavy (non-hydrogen) atoms. The van der Waals surface area contributed by atoms with Crippen molar-refractivity contribution in [3.05, 3.63) is 30.0 Å². The third-order valence-electron chi connectivity index (χ3n) is 2.74. The zero-order chi connectivity index (χ0) is 14.2. The molecule has 0 atom stereocenters. The molecule has 0 aliphatic rings. The Morgan fingerprint density at radius 1 is 1.21 bits per heavy atom. The SMILES string of the molecule is Cc1ccc(-c2cnc(N)nc2N)cc1S(C)(=O)=O. The molecule has 0 amide bonds. The molecule has 6 nitrogen and oxygen atoms in total. The van der Waals surface area contributed by atoms with E-state index in [1.807, 2.05) is 0 Å². The molecule has 1 heterocycles. The van der Waals surface area contributed by atoms with E-state index in [1.54, 1.807) is 25.1 Å². The van der Waals surface area contributed by atoms with Gasteiger partial charge in [0.25, 0.3) is 0 Å². The first kappa shape index (κ1) is 13.3. The summed E-state index contributed by atoms with van der Waals surface area (Å²) in [6.45, 7) is 1.74. The van der Waals surface area contributed by atoms with Crippen LogP contribution < -0.4 is 11.5 Å². The molecule has 0 saturated carbocycles. The van der Waals surface area contributed by atoms with Gasteiger partial charge in [-0.3, -0.25) is 0 Å². The maximum atomic E-state index is 11.7. The second-order valence-electron chi connectivity index (χ2n) is 4.28. The molecule has 0 aliphatic carbocycles. The predicted molar refractivity (Wildman–Crippen MR) is 74.1 cm³/mol. The van der Waals surface area contributed by atoms with Gasteiger partial charge in [-0.2, -0.15) is 4.98 Å². The van der Waals surface area contributed by atoms with E-state index in [2.05, 4.69) is 9.97 Å². The molecule has 0 bridgehead atoms. The van der Waals surface area contributed by atoms with Crippen molar-refractivity contribution < 1.29 is 8.42 Å². The van der Waals surface area contributed by atoms with Gasteiger partial charge in [-0.25, -0.2) is 13.4 Å². The van der Waals surface area contributed by atoms with Gasteiger partial charge < -0.3 is 11.5 Å². The molecule has 0 unspecified atom stereocenters. The highest BCUT2D eigenvalue weighted by Gasteiger charge is 2.13. The molecule has 2 rings (SSSR count). The largest absolute Gasteiger partial charge is 0.383 e. The summed E-state index contributed by atoms with van der Waals surface area (Å²) in [5.74, 6) is 0.299. The molecule has 0 fully saturated rings. The number of sulfone groups is 1. The molecule has 1 aromatic carbocycles. The molecule has 1 aromatic heterocycles. The molecule has 2 aromatic rings. The Kier molecular flexibility index (Phi) is 3.15. The molecule has 100 valence electrons. The van der Waals surface area contributed by atoms with Crippen LogP contribution in [0.15, 0.2) is 29.3 Å². The van der Waals surface area contributed by atoms with Crippen molar-refractivity contribution in [2.75, 3.05) is 17.7 Å². The Bertz CT molecular complexity index is 741. The summed E-state index contributed by atoms with van der Waals surface area (Å²) in [6, 6.07) is 5.06. The fraction of sp³-hybridized carbons (Fsp3) is 0.167. The smallest absolute Gasteiger partial charge is 0.221 e. The van der Waals surface area contributed by atoms with Crippen molar-refractivity contribution in [1.29, 1.82) is 0 Å². The summed E-state index contributed by atoms with van der Waals surface area (Å²) >= 11 is 0. The molecule has 7 heteroatoms. The first-order chi connectivity index (χ1) is 8.79. The topological polar surface area (TPSA) is 112 Å². The zero-order valence-corrected chi connectivity index (χ0v) is 11.4. The van der Waals surface area contributed by atoms with E-state index in [1.165, 1.54) is 12.5 Å². The van der Waals surface area contributed by atoms with Gasteiger partial charge >= 0.3 is 0 Å². The first-order valence-corrected chi connectivity index (χ1v) is 7.37. The molecule has 0 spiro atoms. The Balaban J connectivity index is 2.65. The van der Waals surface area contributed by atoms with Crippen LogP contribution in [-0.4, -0.2) is 24.6 Å². The van der Waals surface area contributed by atoms with Gasteiger partial charge in [0, 0.05) is 18.0 Å². The number of hydrogen-bond donors (Lipinski definition) is 2. The first-order valence-electron chi connectivity index (χ1n) is 5.48. The van der Waals surface area contributed by atoms with Crippen molar-refractivity contribution in [1.82, 2.24) is 9.97 Å². The number of nitrogens with zero attached hydrogens (tertiary/aromatic N) is 2. The Morgan fingerprint density at radius 2 is 1.89 bits per heavy atom. The van der Waals surface area contributed by atoms with Crippen LogP contribution in [0.25, 0.3) is 11.1 Å². The highest BCUT2D eigenvalue weighted by molar-refractivity contribution is 7.90. The lowest BCUT2D eigenvalue weighted by atomic mass is 10.1. The van der Waals surface area contributed by atoms with E-state index < -0.39 is 9.84 Å². The van der Waals surface area contributed by atoms with Crippen molar-refractivity contribution in [3.63, 3.8) is 0 Å². The lowest BCUT2D eigenvalue weighted by Gasteiger charge is -2.09. The van der Waals surface area contributed by atoms with Gasteiger partial charge in [-0.15, -0.1) is 0 Å². The average Bonchev–Trinajstić information content (AvgIpc) is 2.29. The molecule has 0 aliphatic heterocycles. The minimum Gasteiger partial charge on any atom is -0.383 e. The second-order valence-corrected chi connectivity index (χ2v) is 6.26. The third kappa shape index (κ3) is 2.65. The van der Waals surface area contributed by atoms with Gasteiger partial charge in [-0.05, 0) is 24.1 Å². The van der Waals surface area contributed by atoms with Gasteiger partial charge in [-0.1, -0.05) is 12.1 Å². The van der Waals surface area contributed by atoms with Crippen molar-refractivity contribution >= 4 is 21.6 Å². The van der Waals surface area contributed by atoms with E-state index in [9.17, 15) is 8.42 Å². The van der Waals surface area contributed by atoms with E-state index >= 15 is 0 Å². The van der Waals surface area contributed by atoms with Crippen LogP contribution in [0, 0.1) is 6.92 Å². The summed E-state index contributed by atoms with van der Waals surface area (Å²) in [4.78, 5) is 7.99. The zero-order valence-electron chi connectivity index (χ0n) is 10.6. The van der Waals surface area contributed by atoms with Gasteiger partial charge in [0.05, 0.1) is 4.90 Å². The summed E-state index contributed by atoms with van der Waals surface area (Å²) in [5, 5.41) is 0. The lowest BCUT2D eigenvalue weighted by Crippen LogP contribution is -2.03. The van der Waals surface area contributed by atoms with Crippen LogP contribution in [0.4, 0.5) is 11.8 Å². The Labute approximate surface area is 111 Å². The summed E-state index contributed by atoms with van der Waals surface area (Å²) in [7, 11) is -3.29. The molecular weight excluding hydrogens is 264 g/mol. The van der Waals surface area contributed by atoms with Crippen molar-refractivity contribution in [2.45, 2.75) is 11.8 Å². The predicted octanol–water partition coefficient (Wildman–Crippen LogP) is 1.02. The average molecular weight is 278 g/mol. The van der Waals surface area contributed by atoms with E-state index in [0.717, 1.165) is 0 Å². The fourth-order valence-corrected chi connectivity index (χ4v) is 2.79. The number of nitrogens with two attached hydrogens (primary N) is 2. The monoisotopic (exact) mass is 278 g/mol. The van der Waals surface area contributed by atoms with Gasteiger partial charge in [0.15, 0.2) is 9.84 Å². The lowest BCUT2D eigenvalue weighted by molar-refractivity contribution is 0.601. The molecule has 0 saturated heterocycles. The van der Waals surface area contributed by atoms with E-state index in [4.69, 9.17) is 11.5 Å². The van der Waals surface area contributed by atoms with Crippen LogP contribution in [0.3, 0.4) is 0 Å². The summed E-state index contributed by atoms with van der Waals surface area (Å²) < 4.78 is 23.4. The fourth-order valence-electron chi connectivity index (χ4n) is 1.80. The standard InChI is InChI=1S/C12H14N4O2S/c1-7-3-4-8(5-10(7)19(2,17)18)9-6-15-12(14)16-11(9)13/h3-6H,1-2H3,(H4,13,14,15,16). The number of aromatic nitrogens is 2. The van der Waals surface area contributed by atoms with Crippen LogP contribution >= 0.6 is 0 Å². The normalized spacial score (nSPS) is 11.5. The summed E-state index contributed by atoms with van der Waals surface area (Å²) in [6.07, 6.45) is 2.65. The van der Waals surface area contributed by atoms with E-state index in [-0.39, 0.29) is 16.7 Å². The van der Waals surface area contributed by atoms with Crippen LogP contribution in [-0.2, 0) is 9.84 Å². The highest BCUT2D eigenvalue weighted by Crippen LogP contribution is 2.27. The minimum atomic E-state index is -3.29. The van der Waals surface area contributed by atoms with Crippen molar-refractivity contribution in [3.8, 4) is 11.1 Å². The van der Waals surface area contributed by atoms with Crippen LogP contribution in [0.1, 0.15) is 5.56 Å². The maximum Gasteiger partial charge on any atom is 0.221 e. The van der Waals surface area contributed by atoms with E-state index in [0.29, 0.717) is 16.7 Å². The van der Waals surface area contributed by atoms with Crippen LogP contribution in [0.2, 0.25) is 0 Å². The Morgan fingerprint density at radius 3 is 2.47 bits per heavy atom. The number of hydrogen-bond acceptors (Lipinski definition) is 6. The number of nitrogen functional groups attached to an aromatic ring is 2. The second kappa shape index (κ2) is 4.51. The number of rotatable bonds is 2. The minimum absolute atomic E-state index is 0.0803. The highest BCUT2D eigenvalue weighted by atomic mass is 32.2. The molecule has 0 radical (unpaired) electrons. The maximum absolute atomic E-state index is 11.7. The van der Waals surface area contributed by atoms with Crippen molar-refractivity contribution in [2.24, 2.45) is 0 Å². The quantitative estimate of drug-likeness (QED) is 0.848. The number of benzene rings is 1. The van der Waals surface area contributed by atoms with Gasteiger partial charge in [0.1, 0.15) is 5.82 Å². The molecule has 4 N–H and O–H groups in total. The Hall–Kier alpha value is -2.15. The molecular formula is C12H14N4O2S. The van der Waals surface area contributed by atoms with Crippen LogP contribution in [0.5, 0.6) is 0 Å².